The average Bonchev–Trinajstić information content (AvgIpc) is 2.70. The molecule has 0 radical (unpaired) electrons. The Morgan fingerprint density at radius 2 is 1.58 bits per heavy atom. The fourth-order valence-corrected chi connectivity index (χ4v) is 2.85. The predicted molar refractivity (Wildman–Crippen MR) is 107 cm³/mol. The lowest BCUT2D eigenvalue weighted by Crippen LogP contribution is -1.91. The lowest BCUT2D eigenvalue weighted by atomic mass is 10.1. The van der Waals surface area contributed by atoms with E-state index in [1.807, 2.05) is 66.7 Å². The van der Waals surface area contributed by atoms with Crippen molar-refractivity contribution in [1.29, 1.82) is 0 Å². The third kappa shape index (κ3) is 3.67. The number of fused-ring (bicyclic) bond motifs is 1. The van der Waals surface area contributed by atoms with Gasteiger partial charge in [-0.05, 0) is 66.6 Å². The Balaban J connectivity index is 1.49. The zero-order valence-electron chi connectivity index (χ0n) is 14.6. The molecule has 0 atom stereocenters. The number of ether oxygens (including phenoxy) is 1. The summed E-state index contributed by atoms with van der Waals surface area (Å²) < 4.78 is 5.91. The molecule has 0 saturated carbocycles. The molecule has 3 nitrogen and oxygen atoms in total. The van der Waals surface area contributed by atoms with Crippen molar-refractivity contribution in [2.24, 2.45) is 0 Å². The van der Waals surface area contributed by atoms with Crippen LogP contribution < -0.4 is 10.1 Å². The van der Waals surface area contributed by atoms with E-state index in [-0.39, 0.29) is 0 Å². The van der Waals surface area contributed by atoms with Crippen LogP contribution in [0.15, 0.2) is 84.9 Å². The van der Waals surface area contributed by atoms with Crippen molar-refractivity contribution < 1.29 is 4.74 Å². The van der Waals surface area contributed by atoms with Crippen molar-refractivity contribution in [3.8, 4) is 11.6 Å². The SMILES string of the molecule is CCc1ccc2nc(Oc3ccc(Nc4ccccc4)cc3)ccc2c1. The highest BCUT2D eigenvalue weighted by Gasteiger charge is 2.03. The van der Waals surface area contributed by atoms with Crippen LogP contribution in [0.2, 0.25) is 0 Å². The third-order valence-electron chi connectivity index (χ3n) is 4.28. The molecule has 128 valence electrons. The van der Waals surface area contributed by atoms with Crippen LogP contribution in [-0.2, 0) is 6.42 Å². The lowest BCUT2D eigenvalue weighted by Gasteiger charge is -2.09. The Morgan fingerprint density at radius 3 is 2.35 bits per heavy atom. The van der Waals surface area contributed by atoms with Gasteiger partial charge in [0.1, 0.15) is 5.75 Å². The molecule has 0 aliphatic carbocycles. The summed E-state index contributed by atoms with van der Waals surface area (Å²) in [5.74, 6) is 1.37. The first-order chi connectivity index (χ1) is 12.8. The van der Waals surface area contributed by atoms with Crippen molar-refractivity contribution in [1.82, 2.24) is 4.98 Å². The molecule has 4 aromatic rings. The number of aromatic nitrogens is 1. The fourth-order valence-electron chi connectivity index (χ4n) is 2.85. The molecule has 26 heavy (non-hydrogen) atoms. The summed E-state index contributed by atoms with van der Waals surface area (Å²) >= 11 is 0. The highest BCUT2D eigenvalue weighted by molar-refractivity contribution is 5.79. The van der Waals surface area contributed by atoms with Gasteiger partial charge in [-0.1, -0.05) is 31.2 Å². The van der Waals surface area contributed by atoms with Crippen LogP contribution in [0.25, 0.3) is 10.9 Å². The monoisotopic (exact) mass is 340 g/mol. The molecule has 0 bridgehead atoms. The molecule has 3 heteroatoms. The summed E-state index contributed by atoms with van der Waals surface area (Å²) in [5.41, 5.74) is 4.34. The van der Waals surface area contributed by atoms with E-state index >= 15 is 0 Å². The summed E-state index contributed by atoms with van der Waals surface area (Å²) in [4.78, 5) is 4.60. The number of pyridine rings is 1. The van der Waals surface area contributed by atoms with Crippen molar-refractivity contribution in [3.63, 3.8) is 0 Å². The van der Waals surface area contributed by atoms with Crippen molar-refractivity contribution >= 4 is 22.3 Å². The van der Waals surface area contributed by atoms with Crippen molar-refractivity contribution in [3.05, 3.63) is 90.5 Å². The summed E-state index contributed by atoms with van der Waals surface area (Å²) in [6.45, 7) is 2.16. The van der Waals surface area contributed by atoms with Gasteiger partial charge in [0.05, 0.1) is 5.52 Å². The van der Waals surface area contributed by atoms with Gasteiger partial charge in [-0.15, -0.1) is 0 Å². The number of para-hydroxylation sites is 1. The number of nitrogens with one attached hydrogen (secondary N) is 1. The van der Waals surface area contributed by atoms with Gasteiger partial charge in [-0.2, -0.15) is 0 Å². The minimum absolute atomic E-state index is 0.602. The highest BCUT2D eigenvalue weighted by Crippen LogP contribution is 2.25. The first-order valence-electron chi connectivity index (χ1n) is 8.80. The van der Waals surface area contributed by atoms with Crippen LogP contribution in [0.1, 0.15) is 12.5 Å². The maximum Gasteiger partial charge on any atom is 0.219 e. The summed E-state index contributed by atoms with van der Waals surface area (Å²) in [6, 6.07) is 28.3. The number of nitrogens with zero attached hydrogens (tertiary/aromatic N) is 1. The van der Waals surface area contributed by atoms with Gasteiger partial charge < -0.3 is 10.1 Å². The number of hydrogen-bond donors (Lipinski definition) is 1. The second-order valence-electron chi connectivity index (χ2n) is 6.15. The number of rotatable bonds is 5. The average molecular weight is 340 g/mol. The minimum atomic E-state index is 0.602. The quantitative estimate of drug-likeness (QED) is 0.461. The van der Waals surface area contributed by atoms with E-state index in [0.29, 0.717) is 5.88 Å². The van der Waals surface area contributed by atoms with Crippen molar-refractivity contribution in [2.75, 3.05) is 5.32 Å². The zero-order valence-corrected chi connectivity index (χ0v) is 14.6. The Kier molecular flexibility index (Phi) is 4.52. The molecule has 0 unspecified atom stereocenters. The molecule has 4 rings (SSSR count). The van der Waals surface area contributed by atoms with Gasteiger partial charge in [-0.3, -0.25) is 0 Å². The minimum Gasteiger partial charge on any atom is -0.439 e. The first kappa shape index (κ1) is 16.2. The molecule has 0 amide bonds. The van der Waals surface area contributed by atoms with Crippen LogP contribution in [0.5, 0.6) is 11.6 Å². The molecule has 0 saturated heterocycles. The number of benzene rings is 3. The van der Waals surface area contributed by atoms with E-state index < -0.39 is 0 Å². The Labute approximate surface area is 153 Å². The van der Waals surface area contributed by atoms with Gasteiger partial charge in [0.2, 0.25) is 5.88 Å². The lowest BCUT2D eigenvalue weighted by molar-refractivity contribution is 0.465. The normalized spacial score (nSPS) is 10.7. The smallest absolute Gasteiger partial charge is 0.219 e. The molecule has 0 spiro atoms. The number of aryl methyl sites for hydroxylation is 1. The fraction of sp³-hybridized carbons (Fsp3) is 0.0870. The summed E-state index contributed by atoms with van der Waals surface area (Å²) in [5, 5.41) is 4.50. The van der Waals surface area contributed by atoms with Crippen LogP contribution in [-0.4, -0.2) is 4.98 Å². The second-order valence-corrected chi connectivity index (χ2v) is 6.15. The standard InChI is InChI=1S/C23H20N2O/c1-2-17-8-14-22-18(16-17)9-15-23(25-22)26-21-12-10-20(11-13-21)24-19-6-4-3-5-7-19/h3-16,24H,2H2,1H3. The molecular weight excluding hydrogens is 320 g/mol. The van der Waals surface area contributed by atoms with E-state index in [0.717, 1.165) is 34.4 Å². The Hall–Kier alpha value is -3.33. The maximum absolute atomic E-state index is 5.91. The van der Waals surface area contributed by atoms with Crippen molar-refractivity contribution in [2.45, 2.75) is 13.3 Å². The van der Waals surface area contributed by atoms with E-state index in [9.17, 15) is 0 Å². The highest BCUT2D eigenvalue weighted by atomic mass is 16.5. The van der Waals surface area contributed by atoms with Gasteiger partial charge in [0.25, 0.3) is 0 Å². The predicted octanol–water partition coefficient (Wildman–Crippen LogP) is 6.33. The van der Waals surface area contributed by atoms with Crippen LogP contribution in [0.3, 0.4) is 0 Å². The van der Waals surface area contributed by atoms with Gasteiger partial charge in [0.15, 0.2) is 0 Å². The number of anilines is 2. The maximum atomic E-state index is 5.91. The topological polar surface area (TPSA) is 34.1 Å². The van der Waals surface area contributed by atoms with Gasteiger partial charge >= 0.3 is 0 Å². The van der Waals surface area contributed by atoms with Crippen LogP contribution in [0, 0.1) is 0 Å². The molecule has 3 aromatic carbocycles. The van der Waals surface area contributed by atoms with E-state index in [2.05, 4.69) is 35.4 Å². The van der Waals surface area contributed by atoms with E-state index in [4.69, 9.17) is 4.74 Å². The molecule has 0 aliphatic rings. The second kappa shape index (κ2) is 7.28. The third-order valence-corrected chi connectivity index (χ3v) is 4.28. The van der Waals surface area contributed by atoms with E-state index in [1.165, 1.54) is 5.56 Å². The molecule has 0 fully saturated rings. The molecule has 1 N–H and O–H groups in total. The number of hydrogen-bond acceptors (Lipinski definition) is 3. The van der Waals surface area contributed by atoms with Crippen LogP contribution >= 0.6 is 0 Å². The first-order valence-corrected chi connectivity index (χ1v) is 8.80. The molecule has 0 aliphatic heterocycles. The summed E-state index contributed by atoms with van der Waals surface area (Å²) in [7, 11) is 0. The van der Waals surface area contributed by atoms with E-state index in [1.54, 1.807) is 0 Å². The molecular formula is C23H20N2O. The van der Waals surface area contributed by atoms with Gasteiger partial charge in [0, 0.05) is 22.8 Å². The van der Waals surface area contributed by atoms with Gasteiger partial charge in [-0.25, -0.2) is 4.98 Å². The van der Waals surface area contributed by atoms with Crippen LogP contribution in [0.4, 0.5) is 11.4 Å². The molecule has 1 heterocycles. The Morgan fingerprint density at radius 1 is 0.808 bits per heavy atom. The largest absolute Gasteiger partial charge is 0.439 e. The summed E-state index contributed by atoms with van der Waals surface area (Å²) in [6.07, 6.45) is 1.03. The zero-order chi connectivity index (χ0) is 17.8. The Bertz CT molecular complexity index is 1010. The molecule has 1 aromatic heterocycles.